The van der Waals surface area contributed by atoms with Crippen molar-refractivity contribution >= 4 is 0 Å². The molecule has 0 amide bonds. The van der Waals surface area contributed by atoms with Gasteiger partial charge in [-0.05, 0) is 18.6 Å². The van der Waals surface area contributed by atoms with Crippen LogP contribution in [0.3, 0.4) is 0 Å². The van der Waals surface area contributed by atoms with Crippen molar-refractivity contribution in [1.82, 2.24) is 0 Å². The summed E-state index contributed by atoms with van der Waals surface area (Å²) >= 11 is 0. The van der Waals surface area contributed by atoms with Crippen LogP contribution in [0.2, 0.25) is 0 Å². The third kappa shape index (κ3) is 3.03. The van der Waals surface area contributed by atoms with Crippen LogP contribution >= 0.6 is 0 Å². The van der Waals surface area contributed by atoms with E-state index in [0.29, 0.717) is 23.7 Å². The lowest BCUT2D eigenvalue weighted by molar-refractivity contribution is 0.101. The first kappa shape index (κ1) is 12.6. The van der Waals surface area contributed by atoms with Gasteiger partial charge in [0.25, 0.3) is 0 Å². The molecule has 1 atom stereocenters. The van der Waals surface area contributed by atoms with Gasteiger partial charge in [-0.15, -0.1) is 0 Å². The lowest BCUT2D eigenvalue weighted by atomic mass is 10.2. The average Bonchev–Trinajstić information content (AvgIpc) is 2.35. The molecule has 90 valence electrons. The monoisotopic (exact) mass is 226 g/mol. The molecule has 0 spiro atoms. The molecule has 4 heteroatoms. The SMILES string of the molecule is CCC(O)COc1c(OC)cccc1OC. The molecule has 1 N–H and O–H groups in total. The fourth-order valence-corrected chi connectivity index (χ4v) is 1.26. The summed E-state index contributed by atoms with van der Waals surface area (Å²) in [6.07, 6.45) is 0.173. The van der Waals surface area contributed by atoms with Gasteiger partial charge in [0.1, 0.15) is 6.61 Å². The summed E-state index contributed by atoms with van der Waals surface area (Å²) in [4.78, 5) is 0. The Hall–Kier alpha value is -1.42. The molecule has 16 heavy (non-hydrogen) atoms. The zero-order chi connectivity index (χ0) is 12.0. The molecule has 1 rings (SSSR count). The molecule has 0 bridgehead atoms. The van der Waals surface area contributed by atoms with E-state index in [9.17, 15) is 5.11 Å². The Labute approximate surface area is 95.8 Å². The van der Waals surface area contributed by atoms with E-state index in [1.807, 2.05) is 13.0 Å². The van der Waals surface area contributed by atoms with Gasteiger partial charge in [-0.1, -0.05) is 13.0 Å². The summed E-state index contributed by atoms with van der Waals surface area (Å²) in [6.45, 7) is 2.13. The molecule has 0 aliphatic rings. The van der Waals surface area contributed by atoms with Crippen LogP contribution in [-0.2, 0) is 0 Å². The molecule has 1 aromatic carbocycles. The molecule has 0 saturated carbocycles. The molecule has 0 fully saturated rings. The molecule has 0 heterocycles. The summed E-state index contributed by atoms with van der Waals surface area (Å²) in [5.41, 5.74) is 0. The van der Waals surface area contributed by atoms with Gasteiger partial charge in [0, 0.05) is 0 Å². The van der Waals surface area contributed by atoms with Crippen molar-refractivity contribution in [2.75, 3.05) is 20.8 Å². The fourth-order valence-electron chi connectivity index (χ4n) is 1.26. The van der Waals surface area contributed by atoms with Crippen molar-refractivity contribution < 1.29 is 19.3 Å². The standard InChI is InChI=1S/C12H18O4/c1-4-9(13)8-16-12-10(14-2)6-5-7-11(12)15-3/h5-7,9,13H,4,8H2,1-3H3. The molecular weight excluding hydrogens is 208 g/mol. The Balaban J connectivity index is 2.82. The van der Waals surface area contributed by atoms with Crippen molar-refractivity contribution in [2.24, 2.45) is 0 Å². The van der Waals surface area contributed by atoms with E-state index in [0.717, 1.165) is 0 Å². The molecule has 0 aliphatic heterocycles. The summed E-state index contributed by atoms with van der Waals surface area (Å²) in [6, 6.07) is 5.40. The van der Waals surface area contributed by atoms with Crippen LogP contribution in [-0.4, -0.2) is 32.0 Å². The van der Waals surface area contributed by atoms with E-state index in [1.165, 1.54) is 0 Å². The molecule has 0 aromatic heterocycles. The van der Waals surface area contributed by atoms with Crippen LogP contribution in [0.5, 0.6) is 17.2 Å². The topological polar surface area (TPSA) is 47.9 Å². The van der Waals surface area contributed by atoms with E-state index in [1.54, 1.807) is 26.4 Å². The van der Waals surface area contributed by atoms with Crippen molar-refractivity contribution in [2.45, 2.75) is 19.4 Å². The van der Waals surface area contributed by atoms with Crippen LogP contribution in [0.4, 0.5) is 0 Å². The minimum absolute atomic E-state index is 0.229. The van der Waals surface area contributed by atoms with Crippen LogP contribution in [0.1, 0.15) is 13.3 Å². The summed E-state index contributed by atoms with van der Waals surface area (Å²) in [5.74, 6) is 1.73. The van der Waals surface area contributed by atoms with E-state index in [2.05, 4.69) is 0 Å². The number of hydrogen-bond acceptors (Lipinski definition) is 4. The molecule has 4 nitrogen and oxygen atoms in total. The summed E-state index contributed by atoms with van der Waals surface area (Å²) < 4.78 is 15.8. The quantitative estimate of drug-likeness (QED) is 0.804. The molecule has 1 aromatic rings. The predicted molar refractivity (Wildman–Crippen MR) is 61.3 cm³/mol. The van der Waals surface area contributed by atoms with Gasteiger partial charge in [-0.25, -0.2) is 0 Å². The third-order valence-corrected chi connectivity index (χ3v) is 2.27. The first-order valence-electron chi connectivity index (χ1n) is 5.24. The average molecular weight is 226 g/mol. The molecule has 1 unspecified atom stereocenters. The van der Waals surface area contributed by atoms with E-state index >= 15 is 0 Å². The van der Waals surface area contributed by atoms with Crippen molar-refractivity contribution in [3.63, 3.8) is 0 Å². The number of methoxy groups -OCH3 is 2. The lowest BCUT2D eigenvalue weighted by Crippen LogP contribution is -2.16. The highest BCUT2D eigenvalue weighted by Gasteiger charge is 2.12. The van der Waals surface area contributed by atoms with E-state index < -0.39 is 6.10 Å². The fraction of sp³-hybridized carbons (Fsp3) is 0.500. The van der Waals surface area contributed by atoms with Crippen molar-refractivity contribution in [3.8, 4) is 17.2 Å². The number of aliphatic hydroxyl groups excluding tert-OH is 1. The second kappa shape index (κ2) is 6.23. The molecule has 0 radical (unpaired) electrons. The van der Waals surface area contributed by atoms with Crippen molar-refractivity contribution in [3.05, 3.63) is 18.2 Å². The minimum Gasteiger partial charge on any atom is -0.493 e. The third-order valence-electron chi connectivity index (χ3n) is 2.27. The van der Waals surface area contributed by atoms with Gasteiger partial charge in [0.05, 0.1) is 20.3 Å². The number of rotatable bonds is 6. The molecule has 0 saturated heterocycles. The predicted octanol–water partition coefficient (Wildman–Crippen LogP) is 1.85. The maximum atomic E-state index is 9.44. The number of para-hydroxylation sites is 1. The smallest absolute Gasteiger partial charge is 0.203 e. The van der Waals surface area contributed by atoms with Crippen LogP contribution < -0.4 is 14.2 Å². The van der Waals surface area contributed by atoms with Crippen LogP contribution in [0, 0.1) is 0 Å². The van der Waals surface area contributed by atoms with Gasteiger partial charge < -0.3 is 19.3 Å². The van der Waals surface area contributed by atoms with E-state index in [4.69, 9.17) is 14.2 Å². The molecule has 0 aliphatic carbocycles. The van der Waals surface area contributed by atoms with Gasteiger partial charge in [-0.3, -0.25) is 0 Å². The zero-order valence-electron chi connectivity index (χ0n) is 9.90. The van der Waals surface area contributed by atoms with Gasteiger partial charge >= 0.3 is 0 Å². The van der Waals surface area contributed by atoms with Gasteiger partial charge in [0.15, 0.2) is 11.5 Å². The number of ether oxygens (including phenoxy) is 3. The Bertz CT molecular complexity index is 303. The second-order valence-electron chi connectivity index (χ2n) is 3.36. The Morgan fingerprint density at radius 3 is 2.19 bits per heavy atom. The first-order chi connectivity index (χ1) is 7.72. The van der Waals surface area contributed by atoms with Crippen molar-refractivity contribution in [1.29, 1.82) is 0 Å². The first-order valence-corrected chi connectivity index (χ1v) is 5.24. The largest absolute Gasteiger partial charge is 0.493 e. The highest BCUT2D eigenvalue weighted by Crippen LogP contribution is 2.36. The van der Waals surface area contributed by atoms with Crippen LogP contribution in [0.25, 0.3) is 0 Å². The summed E-state index contributed by atoms with van der Waals surface area (Å²) in [7, 11) is 3.13. The summed E-state index contributed by atoms with van der Waals surface area (Å²) in [5, 5.41) is 9.44. The van der Waals surface area contributed by atoms with Crippen LogP contribution in [0.15, 0.2) is 18.2 Å². The minimum atomic E-state index is -0.477. The van der Waals surface area contributed by atoms with Gasteiger partial charge in [-0.2, -0.15) is 0 Å². The second-order valence-corrected chi connectivity index (χ2v) is 3.36. The lowest BCUT2D eigenvalue weighted by Gasteiger charge is -2.15. The number of aliphatic hydroxyl groups is 1. The number of hydrogen-bond donors (Lipinski definition) is 1. The number of benzene rings is 1. The highest BCUT2D eigenvalue weighted by molar-refractivity contribution is 5.51. The Morgan fingerprint density at radius 2 is 1.75 bits per heavy atom. The highest BCUT2D eigenvalue weighted by atomic mass is 16.5. The zero-order valence-corrected chi connectivity index (χ0v) is 9.90. The Morgan fingerprint density at radius 1 is 1.19 bits per heavy atom. The molecular formula is C12H18O4. The Kier molecular flexibility index (Phi) is 4.92. The van der Waals surface area contributed by atoms with Gasteiger partial charge in [0.2, 0.25) is 5.75 Å². The maximum Gasteiger partial charge on any atom is 0.203 e. The maximum absolute atomic E-state index is 9.44. The van der Waals surface area contributed by atoms with E-state index in [-0.39, 0.29) is 6.61 Å². The normalized spacial score (nSPS) is 12.0.